The SMILES string of the molecule is CCCCCCCCC(CC(=O)O)OC(=O)C=C(O)CCCCCCC. The summed E-state index contributed by atoms with van der Waals surface area (Å²) in [6.07, 6.45) is 13.2. The predicted molar refractivity (Wildman–Crippen MR) is 104 cm³/mol. The predicted octanol–water partition coefficient (Wildman–Crippen LogP) is 5.93. The first-order valence-electron chi connectivity index (χ1n) is 10.3. The maximum absolute atomic E-state index is 11.9. The molecule has 0 fully saturated rings. The van der Waals surface area contributed by atoms with Crippen LogP contribution in [0.1, 0.15) is 104 Å². The van der Waals surface area contributed by atoms with Crippen LogP contribution in [0.5, 0.6) is 0 Å². The van der Waals surface area contributed by atoms with Crippen LogP contribution in [0.15, 0.2) is 11.8 Å². The van der Waals surface area contributed by atoms with Gasteiger partial charge < -0.3 is 14.9 Å². The lowest BCUT2D eigenvalue weighted by molar-refractivity contribution is -0.148. The maximum atomic E-state index is 11.9. The van der Waals surface area contributed by atoms with E-state index in [0.717, 1.165) is 51.0 Å². The Hall–Kier alpha value is -1.52. The van der Waals surface area contributed by atoms with Crippen molar-refractivity contribution in [1.82, 2.24) is 0 Å². The van der Waals surface area contributed by atoms with Gasteiger partial charge in [-0.2, -0.15) is 0 Å². The number of allylic oxidation sites excluding steroid dienone is 1. The molecule has 0 aromatic carbocycles. The van der Waals surface area contributed by atoms with Gasteiger partial charge in [-0.05, 0) is 19.3 Å². The Morgan fingerprint density at radius 3 is 1.96 bits per heavy atom. The highest BCUT2D eigenvalue weighted by atomic mass is 16.5. The minimum atomic E-state index is -0.974. The molecule has 0 aromatic heterocycles. The standard InChI is InChI=1S/C21H38O5/c1-3-5-7-9-11-13-15-19(17-20(23)24)26-21(25)16-18(22)14-12-10-8-6-4-2/h16,19,22H,3-15,17H2,1-2H3,(H,23,24). The summed E-state index contributed by atoms with van der Waals surface area (Å²) in [6.45, 7) is 4.31. The second-order valence-corrected chi connectivity index (χ2v) is 7.01. The van der Waals surface area contributed by atoms with Crippen LogP contribution < -0.4 is 0 Å². The summed E-state index contributed by atoms with van der Waals surface area (Å²) in [5, 5.41) is 18.8. The van der Waals surface area contributed by atoms with Gasteiger partial charge in [-0.3, -0.25) is 4.79 Å². The van der Waals surface area contributed by atoms with Gasteiger partial charge in [-0.25, -0.2) is 4.79 Å². The fraction of sp³-hybridized carbons (Fsp3) is 0.810. The summed E-state index contributed by atoms with van der Waals surface area (Å²) in [7, 11) is 0. The maximum Gasteiger partial charge on any atom is 0.334 e. The van der Waals surface area contributed by atoms with Crippen molar-refractivity contribution in [2.75, 3.05) is 0 Å². The highest BCUT2D eigenvalue weighted by Gasteiger charge is 2.17. The minimum absolute atomic E-state index is 0.0140. The number of aliphatic hydroxyl groups excluding tert-OH is 1. The lowest BCUT2D eigenvalue weighted by Crippen LogP contribution is -2.21. The molecular formula is C21H38O5. The molecule has 1 unspecified atom stereocenters. The molecule has 0 bridgehead atoms. The third-order valence-electron chi connectivity index (χ3n) is 4.39. The summed E-state index contributed by atoms with van der Waals surface area (Å²) in [5.41, 5.74) is 0. The molecular weight excluding hydrogens is 332 g/mol. The van der Waals surface area contributed by atoms with Crippen LogP contribution in [0.25, 0.3) is 0 Å². The number of carbonyl (C=O) groups is 2. The van der Waals surface area contributed by atoms with E-state index in [4.69, 9.17) is 9.84 Å². The lowest BCUT2D eigenvalue weighted by atomic mass is 10.1. The van der Waals surface area contributed by atoms with Crippen LogP contribution in [-0.2, 0) is 14.3 Å². The van der Waals surface area contributed by atoms with Gasteiger partial charge in [0.2, 0.25) is 0 Å². The Morgan fingerprint density at radius 2 is 1.38 bits per heavy atom. The van der Waals surface area contributed by atoms with Crippen LogP contribution in [0.2, 0.25) is 0 Å². The van der Waals surface area contributed by atoms with Crippen molar-refractivity contribution in [3.8, 4) is 0 Å². The van der Waals surface area contributed by atoms with Crippen LogP contribution in [0.3, 0.4) is 0 Å². The van der Waals surface area contributed by atoms with Crippen LogP contribution in [0, 0.1) is 0 Å². The zero-order valence-electron chi connectivity index (χ0n) is 16.7. The number of rotatable bonds is 17. The zero-order chi connectivity index (χ0) is 19.6. The number of esters is 1. The van der Waals surface area contributed by atoms with E-state index in [0.29, 0.717) is 12.8 Å². The molecule has 0 aliphatic rings. The van der Waals surface area contributed by atoms with E-state index >= 15 is 0 Å². The van der Waals surface area contributed by atoms with Crippen molar-refractivity contribution in [1.29, 1.82) is 0 Å². The number of carboxylic acid groups (broad SMARTS) is 1. The van der Waals surface area contributed by atoms with Gasteiger partial charge in [-0.1, -0.05) is 71.6 Å². The number of unbranched alkanes of at least 4 members (excludes halogenated alkanes) is 9. The largest absolute Gasteiger partial charge is 0.512 e. The number of hydrogen-bond donors (Lipinski definition) is 2. The molecule has 0 aliphatic carbocycles. The normalized spacial score (nSPS) is 12.8. The van der Waals surface area contributed by atoms with Crippen molar-refractivity contribution >= 4 is 11.9 Å². The van der Waals surface area contributed by atoms with Crippen LogP contribution >= 0.6 is 0 Å². The Morgan fingerprint density at radius 1 is 0.846 bits per heavy atom. The van der Waals surface area contributed by atoms with Gasteiger partial charge in [0.05, 0.1) is 18.3 Å². The number of carbonyl (C=O) groups excluding carboxylic acids is 1. The molecule has 0 rings (SSSR count). The molecule has 0 aliphatic heterocycles. The number of ether oxygens (including phenoxy) is 1. The van der Waals surface area contributed by atoms with E-state index in [1.807, 2.05) is 0 Å². The smallest absolute Gasteiger partial charge is 0.334 e. The molecule has 0 aromatic rings. The first-order chi connectivity index (χ1) is 12.5. The Bertz CT molecular complexity index is 403. The molecule has 1 atom stereocenters. The van der Waals surface area contributed by atoms with E-state index in [1.165, 1.54) is 25.7 Å². The van der Waals surface area contributed by atoms with Crippen molar-refractivity contribution in [2.24, 2.45) is 0 Å². The quantitative estimate of drug-likeness (QED) is 0.143. The number of carboxylic acids is 1. The molecule has 0 amide bonds. The molecule has 5 heteroatoms. The number of hydrogen-bond acceptors (Lipinski definition) is 4. The van der Waals surface area contributed by atoms with Gasteiger partial charge in [0, 0.05) is 6.42 Å². The Balaban J connectivity index is 4.18. The molecule has 5 nitrogen and oxygen atoms in total. The number of aliphatic hydroxyl groups is 1. The second-order valence-electron chi connectivity index (χ2n) is 7.01. The van der Waals surface area contributed by atoms with Crippen molar-refractivity contribution in [3.63, 3.8) is 0 Å². The van der Waals surface area contributed by atoms with Gasteiger partial charge in [0.1, 0.15) is 6.10 Å². The summed E-state index contributed by atoms with van der Waals surface area (Å²) >= 11 is 0. The third-order valence-corrected chi connectivity index (χ3v) is 4.39. The van der Waals surface area contributed by atoms with Crippen molar-refractivity contribution < 1.29 is 24.5 Å². The number of aliphatic carboxylic acids is 1. The molecule has 26 heavy (non-hydrogen) atoms. The summed E-state index contributed by atoms with van der Waals surface area (Å²) in [6, 6.07) is 0. The minimum Gasteiger partial charge on any atom is -0.512 e. The highest BCUT2D eigenvalue weighted by Crippen LogP contribution is 2.14. The first-order valence-corrected chi connectivity index (χ1v) is 10.3. The molecule has 0 saturated heterocycles. The van der Waals surface area contributed by atoms with E-state index in [1.54, 1.807) is 0 Å². The average Bonchev–Trinajstić information content (AvgIpc) is 2.57. The summed E-state index contributed by atoms with van der Waals surface area (Å²) < 4.78 is 5.25. The van der Waals surface area contributed by atoms with Gasteiger partial charge in [0.25, 0.3) is 0 Å². The average molecular weight is 371 g/mol. The fourth-order valence-corrected chi connectivity index (χ4v) is 2.87. The fourth-order valence-electron chi connectivity index (χ4n) is 2.87. The Kier molecular flexibility index (Phi) is 15.9. The second kappa shape index (κ2) is 16.9. The first kappa shape index (κ1) is 24.5. The molecule has 0 radical (unpaired) electrons. The monoisotopic (exact) mass is 370 g/mol. The third kappa shape index (κ3) is 16.0. The van der Waals surface area contributed by atoms with E-state index in [9.17, 15) is 14.7 Å². The van der Waals surface area contributed by atoms with Gasteiger partial charge in [-0.15, -0.1) is 0 Å². The van der Waals surface area contributed by atoms with E-state index in [2.05, 4.69) is 13.8 Å². The Labute approximate surface area is 158 Å². The van der Waals surface area contributed by atoms with Crippen LogP contribution in [0.4, 0.5) is 0 Å². The van der Waals surface area contributed by atoms with Crippen molar-refractivity contribution in [2.45, 2.75) is 110 Å². The van der Waals surface area contributed by atoms with Gasteiger partial charge in [0.15, 0.2) is 0 Å². The molecule has 0 spiro atoms. The van der Waals surface area contributed by atoms with E-state index in [-0.39, 0.29) is 12.2 Å². The molecule has 0 heterocycles. The molecule has 2 N–H and O–H groups in total. The summed E-state index contributed by atoms with van der Waals surface area (Å²) in [5.74, 6) is -1.61. The van der Waals surface area contributed by atoms with Crippen LogP contribution in [-0.4, -0.2) is 28.3 Å². The molecule has 0 saturated carbocycles. The van der Waals surface area contributed by atoms with E-state index < -0.39 is 18.0 Å². The van der Waals surface area contributed by atoms with Crippen molar-refractivity contribution in [3.05, 3.63) is 11.8 Å². The van der Waals surface area contributed by atoms with Gasteiger partial charge >= 0.3 is 11.9 Å². The lowest BCUT2D eigenvalue weighted by Gasteiger charge is -2.15. The summed E-state index contributed by atoms with van der Waals surface area (Å²) in [4.78, 5) is 22.9. The topological polar surface area (TPSA) is 83.8 Å². The zero-order valence-corrected chi connectivity index (χ0v) is 16.7. The molecule has 152 valence electrons. The highest BCUT2D eigenvalue weighted by molar-refractivity contribution is 5.82.